The van der Waals surface area contributed by atoms with Gasteiger partial charge < -0.3 is 9.84 Å². The number of hydrogen-bond acceptors (Lipinski definition) is 2. The second-order valence-corrected chi connectivity index (χ2v) is 9.10. The Bertz CT molecular complexity index is 845. The van der Waals surface area contributed by atoms with Gasteiger partial charge in [0.05, 0.1) is 0 Å². The number of phenolic OH excluding ortho intramolecular Hbond substituents is 1. The zero-order valence-electron chi connectivity index (χ0n) is 15.1. The van der Waals surface area contributed by atoms with Crippen molar-refractivity contribution >= 4 is 0 Å². The molecule has 0 radical (unpaired) electrons. The number of rotatable bonds is 2. The number of para-hydroxylation sites is 1. The van der Waals surface area contributed by atoms with Crippen LogP contribution in [0.4, 0.5) is 0 Å². The van der Waals surface area contributed by atoms with Crippen LogP contribution in [0.25, 0.3) is 0 Å². The normalized spacial score (nSPS) is 39.3. The van der Waals surface area contributed by atoms with Crippen molar-refractivity contribution in [3.63, 3.8) is 0 Å². The summed E-state index contributed by atoms with van der Waals surface area (Å²) in [6, 6.07) is 16.4. The minimum atomic E-state index is 0.269. The van der Waals surface area contributed by atoms with Crippen LogP contribution in [-0.4, -0.2) is 11.2 Å². The Morgan fingerprint density at radius 2 is 1.85 bits per heavy atom. The monoisotopic (exact) mass is 346 g/mol. The van der Waals surface area contributed by atoms with Gasteiger partial charge >= 0.3 is 0 Å². The maximum Gasteiger partial charge on any atom is 0.119 e. The maximum absolute atomic E-state index is 9.95. The molecule has 1 spiro atoms. The minimum absolute atomic E-state index is 0.269. The number of benzene rings is 2. The van der Waals surface area contributed by atoms with Gasteiger partial charge in [-0.1, -0.05) is 24.3 Å². The van der Waals surface area contributed by atoms with Crippen LogP contribution >= 0.6 is 0 Å². The van der Waals surface area contributed by atoms with Crippen molar-refractivity contribution in [2.45, 2.75) is 50.5 Å². The Hall–Kier alpha value is -1.96. The lowest BCUT2D eigenvalue weighted by Crippen LogP contribution is -2.46. The van der Waals surface area contributed by atoms with Gasteiger partial charge in [-0.05, 0) is 97.1 Å². The molecule has 6 atom stereocenters. The fourth-order valence-corrected chi connectivity index (χ4v) is 7.04. The second-order valence-electron chi connectivity index (χ2n) is 9.10. The van der Waals surface area contributed by atoms with Gasteiger partial charge in [-0.25, -0.2) is 0 Å². The molecule has 26 heavy (non-hydrogen) atoms. The summed E-state index contributed by atoms with van der Waals surface area (Å²) >= 11 is 0. The number of fused-ring (bicyclic) bond motifs is 4. The molecule has 2 heteroatoms. The van der Waals surface area contributed by atoms with Crippen LogP contribution < -0.4 is 4.74 Å². The van der Waals surface area contributed by atoms with Crippen molar-refractivity contribution in [2.24, 2.45) is 23.2 Å². The Labute approximate surface area is 155 Å². The van der Waals surface area contributed by atoms with Crippen LogP contribution in [0.3, 0.4) is 0 Å². The van der Waals surface area contributed by atoms with Crippen LogP contribution in [-0.2, 0) is 6.42 Å². The zero-order chi connectivity index (χ0) is 17.3. The lowest BCUT2D eigenvalue weighted by atomic mass is 9.57. The molecule has 6 rings (SSSR count). The van der Waals surface area contributed by atoms with E-state index in [9.17, 15) is 5.11 Å². The quantitative estimate of drug-likeness (QED) is 0.799. The Morgan fingerprint density at radius 3 is 2.69 bits per heavy atom. The zero-order valence-corrected chi connectivity index (χ0v) is 15.1. The van der Waals surface area contributed by atoms with E-state index in [2.05, 4.69) is 36.4 Å². The van der Waals surface area contributed by atoms with Gasteiger partial charge in [0.2, 0.25) is 0 Å². The largest absolute Gasteiger partial charge is 0.508 e. The van der Waals surface area contributed by atoms with E-state index in [0.29, 0.717) is 17.1 Å². The van der Waals surface area contributed by atoms with E-state index in [4.69, 9.17) is 4.74 Å². The van der Waals surface area contributed by atoms with E-state index in [1.807, 2.05) is 12.1 Å². The molecule has 0 aliphatic heterocycles. The van der Waals surface area contributed by atoms with Crippen LogP contribution in [0.2, 0.25) is 0 Å². The summed E-state index contributed by atoms with van der Waals surface area (Å²) in [4.78, 5) is 0. The smallest absolute Gasteiger partial charge is 0.119 e. The number of ether oxygens (including phenoxy) is 1. The molecule has 0 heterocycles. The Balaban J connectivity index is 1.43. The third kappa shape index (κ3) is 2.05. The summed E-state index contributed by atoms with van der Waals surface area (Å²) in [6.07, 6.45) is 8.17. The lowest BCUT2D eigenvalue weighted by Gasteiger charge is -2.49. The fraction of sp³-hybridized carbons (Fsp3) is 0.500. The number of hydrogen-bond donors (Lipinski definition) is 1. The number of aromatic hydroxyl groups is 1. The molecule has 1 N–H and O–H groups in total. The highest BCUT2D eigenvalue weighted by Gasteiger charge is 2.68. The van der Waals surface area contributed by atoms with Crippen molar-refractivity contribution in [1.82, 2.24) is 0 Å². The SMILES string of the molecule is Oc1ccc2c(c1)CC[C@H]1C3CC[C@@H]4CC34C[C@H](Oc3ccccc3)[C@H]21. The van der Waals surface area contributed by atoms with Crippen molar-refractivity contribution in [1.29, 1.82) is 0 Å². The lowest BCUT2D eigenvalue weighted by molar-refractivity contribution is 0.00359. The van der Waals surface area contributed by atoms with Gasteiger partial charge in [-0.2, -0.15) is 0 Å². The average molecular weight is 346 g/mol. The molecule has 3 fully saturated rings. The molecule has 4 aliphatic rings. The van der Waals surface area contributed by atoms with Crippen molar-refractivity contribution in [2.75, 3.05) is 0 Å². The molecule has 4 aliphatic carbocycles. The fourth-order valence-electron chi connectivity index (χ4n) is 7.04. The standard InChI is InChI=1S/C24H26O2/c25-17-8-10-19-15(12-17)6-9-20-21-11-7-16-13-24(16,21)14-22(23(19)20)26-18-4-2-1-3-5-18/h1-5,8,10,12,16,20-23,25H,6-7,9,11,13-14H2/t16-,20+,21?,22+,23-,24?/m1/s1. The average Bonchev–Trinajstić information content (AvgIpc) is 3.23. The predicted octanol–water partition coefficient (Wildman–Crippen LogP) is 5.31. The van der Waals surface area contributed by atoms with E-state index in [1.54, 1.807) is 0 Å². The summed E-state index contributed by atoms with van der Waals surface area (Å²) < 4.78 is 6.65. The third-order valence-corrected chi connectivity index (χ3v) is 8.07. The molecule has 0 bridgehead atoms. The predicted molar refractivity (Wildman–Crippen MR) is 101 cm³/mol. The first-order valence-electron chi connectivity index (χ1n) is 10.3. The molecule has 134 valence electrons. The van der Waals surface area contributed by atoms with Gasteiger partial charge in [-0.3, -0.25) is 0 Å². The molecular weight excluding hydrogens is 320 g/mol. The second kappa shape index (κ2) is 5.28. The highest BCUT2D eigenvalue weighted by atomic mass is 16.5. The highest BCUT2D eigenvalue weighted by molar-refractivity contribution is 5.42. The summed E-state index contributed by atoms with van der Waals surface area (Å²) in [5.41, 5.74) is 3.38. The molecule has 0 saturated heterocycles. The van der Waals surface area contributed by atoms with Gasteiger partial charge in [-0.15, -0.1) is 0 Å². The van der Waals surface area contributed by atoms with Gasteiger partial charge in [0.25, 0.3) is 0 Å². The Morgan fingerprint density at radius 1 is 0.962 bits per heavy atom. The van der Waals surface area contributed by atoms with Crippen molar-refractivity contribution in [3.05, 3.63) is 59.7 Å². The van der Waals surface area contributed by atoms with Gasteiger partial charge in [0.15, 0.2) is 0 Å². The molecule has 2 unspecified atom stereocenters. The molecule has 0 aromatic heterocycles. The first-order valence-corrected chi connectivity index (χ1v) is 10.3. The van der Waals surface area contributed by atoms with Gasteiger partial charge in [0, 0.05) is 5.92 Å². The summed E-state index contributed by atoms with van der Waals surface area (Å²) in [7, 11) is 0. The topological polar surface area (TPSA) is 29.5 Å². The van der Waals surface area contributed by atoms with Gasteiger partial charge in [0.1, 0.15) is 17.6 Å². The van der Waals surface area contributed by atoms with E-state index in [-0.39, 0.29) is 6.10 Å². The van der Waals surface area contributed by atoms with E-state index in [1.165, 1.54) is 43.2 Å². The summed E-state index contributed by atoms with van der Waals surface area (Å²) in [5.74, 6) is 4.51. The third-order valence-electron chi connectivity index (χ3n) is 8.07. The molecule has 2 nitrogen and oxygen atoms in total. The molecule has 3 saturated carbocycles. The van der Waals surface area contributed by atoms with Crippen molar-refractivity contribution < 1.29 is 9.84 Å². The highest BCUT2D eigenvalue weighted by Crippen LogP contribution is 2.75. The van der Waals surface area contributed by atoms with E-state index < -0.39 is 0 Å². The van der Waals surface area contributed by atoms with Crippen LogP contribution in [0.15, 0.2) is 48.5 Å². The Kier molecular flexibility index (Phi) is 3.07. The molecule has 0 amide bonds. The molecule has 2 aromatic rings. The van der Waals surface area contributed by atoms with E-state index >= 15 is 0 Å². The summed E-state index contributed by atoms with van der Waals surface area (Å²) in [5, 5.41) is 9.95. The number of phenols is 1. The maximum atomic E-state index is 9.95. The van der Waals surface area contributed by atoms with Crippen LogP contribution in [0, 0.1) is 23.2 Å². The first-order chi connectivity index (χ1) is 12.7. The van der Waals surface area contributed by atoms with E-state index in [0.717, 1.165) is 29.9 Å². The summed E-state index contributed by atoms with van der Waals surface area (Å²) in [6.45, 7) is 0. The van der Waals surface area contributed by atoms with Crippen LogP contribution in [0.1, 0.15) is 49.1 Å². The minimum Gasteiger partial charge on any atom is -0.508 e. The first kappa shape index (κ1) is 15.1. The van der Waals surface area contributed by atoms with Crippen LogP contribution in [0.5, 0.6) is 11.5 Å². The molecule has 2 aromatic carbocycles. The van der Waals surface area contributed by atoms with Crippen molar-refractivity contribution in [3.8, 4) is 11.5 Å². The number of aryl methyl sites for hydroxylation is 1. The molecular formula is C24H26O2.